The zero-order valence-electron chi connectivity index (χ0n) is 4.02. The quantitative estimate of drug-likeness (QED) is 0.450. The normalized spacial score (nSPS) is 29.8. The van der Waals surface area contributed by atoms with Crippen molar-refractivity contribution in [3.05, 3.63) is 0 Å². The molecule has 0 saturated heterocycles. The second kappa shape index (κ2) is 1.41. The van der Waals surface area contributed by atoms with E-state index in [-0.39, 0.29) is 0 Å². The maximum Gasteiger partial charge on any atom is 0.0463 e. The van der Waals surface area contributed by atoms with Gasteiger partial charge < -0.3 is 0 Å². The van der Waals surface area contributed by atoms with E-state index in [1.165, 1.54) is 6.42 Å². The maximum absolute atomic E-state index is 3.94. The summed E-state index contributed by atoms with van der Waals surface area (Å²) in [6, 6.07) is 0. The Morgan fingerprint density at radius 2 is 2.67 bits per heavy atom. The first-order chi connectivity index (χ1) is 2.93. The zero-order chi connectivity index (χ0) is 4.41. The minimum absolute atomic E-state index is 0.824. The van der Waals surface area contributed by atoms with Crippen LogP contribution in [0, 0.1) is 5.92 Å². The summed E-state index contributed by atoms with van der Waals surface area (Å²) >= 11 is 0. The Kier molecular flexibility index (Phi) is 0.906. The lowest BCUT2D eigenvalue weighted by molar-refractivity contribution is 0.641. The molecule has 0 amide bonds. The van der Waals surface area contributed by atoms with E-state index >= 15 is 0 Å². The van der Waals surface area contributed by atoms with Gasteiger partial charge in [-0.25, -0.2) is 0 Å². The molecule has 0 aromatic carbocycles. The van der Waals surface area contributed by atoms with Gasteiger partial charge in [-0.3, -0.25) is 4.99 Å². The van der Waals surface area contributed by atoms with Gasteiger partial charge in [0.05, 0.1) is 0 Å². The molecule has 1 rings (SSSR count). The Hall–Kier alpha value is -0.330. The number of rotatable bonds is 1. The van der Waals surface area contributed by atoms with Gasteiger partial charge >= 0.3 is 0 Å². The molecule has 0 spiro atoms. The third-order valence-corrected chi connectivity index (χ3v) is 1.18. The first-order valence-corrected chi connectivity index (χ1v) is 2.43. The van der Waals surface area contributed by atoms with Gasteiger partial charge in [0.2, 0.25) is 0 Å². The highest BCUT2D eigenvalue weighted by atomic mass is 14.8. The molecule has 0 aliphatic carbocycles. The molecule has 0 fully saturated rings. The van der Waals surface area contributed by atoms with Crippen molar-refractivity contribution in [2.75, 3.05) is 6.54 Å². The van der Waals surface area contributed by atoms with Crippen molar-refractivity contribution in [3.63, 3.8) is 0 Å². The van der Waals surface area contributed by atoms with E-state index in [4.69, 9.17) is 0 Å². The Morgan fingerprint density at radius 1 is 2.00 bits per heavy atom. The molecule has 0 N–H and O–H groups in total. The summed E-state index contributed by atoms with van der Waals surface area (Å²) in [7, 11) is 0. The molecule has 1 aliphatic rings. The maximum atomic E-state index is 3.94. The molecule has 1 nitrogen and oxygen atoms in total. The van der Waals surface area contributed by atoms with Crippen LogP contribution in [0.1, 0.15) is 13.3 Å². The van der Waals surface area contributed by atoms with E-state index in [9.17, 15) is 0 Å². The summed E-state index contributed by atoms with van der Waals surface area (Å²) in [4.78, 5) is 3.94. The smallest absolute Gasteiger partial charge is 0.0463 e. The van der Waals surface area contributed by atoms with Crippen LogP contribution < -0.4 is 0 Å². The minimum Gasteiger partial charge on any atom is -0.296 e. The molecule has 34 valence electrons. The second-order valence-corrected chi connectivity index (χ2v) is 1.68. The van der Waals surface area contributed by atoms with Gasteiger partial charge in [0.15, 0.2) is 0 Å². The van der Waals surface area contributed by atoms with Crippen LogP contribution in [0.2, 0.25) is 0 Å². The zero-order valence-corrected chi connectivity index (χ0v) is 4.02. The van der Waals surface area contributed by atoms with Crippen LogP contribution in [0.25, 0.3) is 0 Å². The van der Waals surface area contributed by atoms with E-state index in [2.05, 4.69) is 11.9 Å². The van der Waals surface area contributed by atoms with E-state index in [0.29, 0.717) is 0 Å². The van der Waals surface area contributed by atoms with Crippen LogP contribution >= 0.6 is 0 Å². The molecule has 0 aromatic heterocycles. The van der Waals surface area contributed by atoms with Crippen molar-refractivity contribution in [3.8, 4) is 0 Å². The number of nitrogens with zero attached hydrogens (tertiary/aromatic N) is 1. The molecule has 1 unspecified atom stereocenters. The van der Waals surface area contributed by atoms with Crippen molar-refractivity contribution in [2.45, 2.75) is 13.3 Å². The highest BCUT2D eigenvalue weighted by Gasteiger charge is 2.06. The van der Waals surface area contributed by atoms with Crippen molar-refractivity contribution in [1.29, 1.82) is 0 Å². The molecule has 0 aromatic rings. The van der Waals surface area contributed by atoms with Gasteiger partial charge in [-0.2, -0.15) is 0 Å². The average molecular weight is 83.1 g/mol. The van der Waals surface area contributed by atoms with Gasteiger partial charge in [0.25, 0.3) is 0 Å². The fourth-order valence-electron chi connectivity index (χ4n) is 0.489. The molecule has 6 heavy (non-hydrogen) atoms. The molecule has 0 bridgehead atoms. The van der Waals surface area contributed by atoms with Crippen molar-refractivity contribution in [1.82, 2.24) is 0 Å². The Labute approximate surface area is 38.1 Å². The van der Waals surface area contributed by atoms with E-state index in [1.54, 1.807) is 0 Å². The summed E-state index contributed by atoms with van der Waals surface area (Å²) in [5.41, 5.74) is 0. The first-order valence-electron chi connectivity index (χ1n) is 2.43. The van der Waals surface area contributed by atoms with Crippen LogP contribution in [0.4, 0.5) is 0 Å². The summed E-state index contributed by atoms with van der Waals surface area (Å²) < 4.78 is 0. The third kappa shape index (κ3) is 0.445. The number of aliphatic imine (C=N–C) groups is 1. The van der Waals surface area contributed by atoms with Gasteiger partial charge in [-0.15, -0.1) is 0 Å². The van der Waals surface area contributed by atoms with Crippen LogP contribution in [-0.2, 0) is 0 Å². The lowest BCUT2D eigenvalue weighted by Gasteiger charge is -2.12. The Balaban J connectivity index is 2.21. The summed E-state index contributed by atoms with van der Waals surface area (Å²) in [6.45, 7) is 3.27. The first kappa shape index (κ1) is 3.85. The second-order valence-electron chi connectivity index (χ2n) is 1.68. The molecule has 1 aliphatic heterocycles. The topological polar surface area (TPSA) is 12.4 Å². The summed E-state index contributed by atoms with van der Waals surface area (Å²) in [5, 5.41) is 0. The monoisotopic (exact) mass is 83.1 g/mol. The molecular formula is C5H9N. The molecule has 1 heteroatoms. The van der Waals surface area contributed by atoms with Crippen LogP contribution in [0.5, 0.6) is 0 Å². The standard InChI is InChI=1S/C5H9N/c1-2-5-3-6-4-5/h3,5H,2,4H2,1H3. The summed E-state index contributed by atoms with van der Waals surface area (Å²) in [5.74, 6) is 0.824. The molecule has 1 atom stereocenters. The van der Waals surface area contributed by atoms with Crippen LogP contribution in [0.3, 0.4) is 0 Å². The fourth-order valence-corrected chi connectivity index (χ4v) is 0.489. The number of hydrogen-bond donors (Lipinski definition) is 0. The molecule has 0 saturated carbocycles. The molecule has 1 heterocycles. The lowest BCUT2D eigenvalue weighted by Crippen LogP contribution is -2.13. The average Bonchev–Trinajstić information content (AvgIpc) is 1.31. The van der Waals surface area contributed by atoms with Crippen molar-refractivity contribution < 1.29 is 0 Å². The van der Waals surface area contributed by atoms with E-state index in [1.807, 2.05) is 6.21 Å². The lowest BCUT2D eigenvalue weighted by atomic mass is 10.1. The van der Waals surface area contributed by atoms with E-state index in [0.717, 1.165) is 12.5 Å². The fraction of sp³-hybridized carbons (Fsp3) is 0.800. The SMILES string of the molecule is CCC1C=NC1. The van der Waals surface area contributed by atoms with Crippen molar-refractivity contribution in [2.24, 2.45) is 10.9 Å². The Bertz CT molecular complexity index is 66.3. The molecule has 0 radical (unpaired) electrons. The number of hydrogen-bond acceptors (Lipinski definition) is 1. The highest BCUT2D eigenvalue weighted by molar-refractivity contribution is 5.66. The largest absolute Gasteiger partial charge is 0.296 e. The highest BCUT2D eigenvalue weighted by Crippen LogP contribution is 2.06. The van der Waals surface area contributed by atoms with Crippen molar-refractivity contribution >= 4 is 6.21 Å². The van der Waals surface area contributed by atoms with E-state index < -0.39 is 0 Å². The van der Waals surface area contributed by atoms with Gasteiger partial charge in [-0.05, 0) is 6.42 Å². The predicted molar refractivity (Wildman–Crippen MR) is 27.1 cm³/mol. The van der Waals surface area contributed by atoms with Crippen LogP contribution in [-0.4, -0.2) is 12.8 Å². The minimum atomic E-state index is 0.824. The van der Waals surface area contributed by atoms with Gasteiger partial charge in [0, 0.05) is 18.7 Å². The van der Waals surface area contributed by atoms with Gasteiger partial charge in [0.1, 0.15) is 0 Å². The predicted octanol–water partition coefficient (Wildman–Crippen LogP) is 1.10. The van der Waals surface area contributed by atoms with Crippen LogP contribution in [0.15, 0.2) is 4.99 Å². The summed E-state index contributed by atoms with van der Waals surface area (Å²) in [6.07, 6.45) is 3.30. The molecular weight excluding hydrogens is 74.1 g/mol. The third-order valence-electron chi connectivity index (χ3n) is 1.18. The Morgan fingerprint density at radius 3 is 2.67 bits per heavy atom. The van der Waals surface area contributed by atoms with Gasteiger partial charge in [-0.1, -0.05) is 6.92 Å².